The summed E-state index contributed by atoms with van der Waals surface area (Å²) >= 11 is 0. The third-order valence-electron chi connectivity index (χ3n) is 6.93. The lowest BCUT2D eigenvalue weighted by molar-refractivity contribution is -0.907. The molecule has 0 spiro atoms. The van der Waals surface area contributed by atoms with Crippen molar-refractivity contribution in [2.24, 2.45) is 0 Å². The fraction of sp³-hybridized carbons (Fsp3) is 0.429. The summed E-state index contributed by atoms with van der Waals surface area (Å²) in [6.07, 6.45) is 0.890. The fourth-order valence-corrected chi connectivity index (χ4v) is 4.96. The lowest BCUT2D eigenvalue weighted by atomic mass is 9.95. The van der Waals surface area contributed by atoms with Crippen LogP contribution in [0.2, 0.25) is 0 Å². The Balaban J connectivity index is 1.51. The predicted octanol–water partition coefficient (Wildman–Crippen LogP) is 1.58. The van der Waals surface area contributed by atoms with E-state index in [9.17, 15) is 14.7 Å². The van der Waals surface area contributed by atoms with Crippen LogP contribution in [0.1, 0.15) is 30.5 Å². The molecule has 1 amide bonds. The van der Waals surface area contributed by atoms with Crippen molar-refractivity contribution in [3.8, 4) is 17.2 Å². The number of fused-ring (bicyclic) bond motifs is 1. The van der Waals surface area contributed by atoms with E-state index in [1.54, 1.807) is 23.1 Å². The van der Waals surface area contributed by atoms with Crippen LogP contribution in [-0.2, 0) is 14.3 Å². The SMILES string of the molecule is CCCOc1ccc([C@H]2C(=C(O)c3ccc4c(c3)OCCO4)C(=O)C(=O)N2CC[NH+]2CCOCC2)cc1. The number of nitrogens with zero attached hydrogens (tertiary/aromatic N) is 1. The van der Waals surface area contributed by atoms with E-state index in [0.717, 1.165) is 25.1 Å². The van der Waals surface area contributed by atoms with E-state index in [4.69, 9.17) is 18.9 Å². The number of ketones is 1. The normalized spacial score (nSPS) is 21.3. The standard InChI is InChI=1S/C28H32N2O7/c1-2-13-35-21-6-3-19(4-7-21)25-24(26(31)20-5-8-22-23(18-20)37-17-16-36-22)27(32)28(33)30(25)10-9-29-11-14-34-15-12-29/h3-8,18,25,31H,2,9-17H2,1H3/p+1/t25-/m0/s1. The first-order valence-corrected chi connectivity index (χ1v) is 12.9. The predicted molar refractivity (Wildman–Crippen MR) is 135 cm³/mol. The Bertz CT molecular complexity index is 1170. The molecule has 1 atom stereocenters. The quantitative estimate of drug-likeness (QED) is 0.317. The van der Waals surface area contributed by atoms with Gasteiger partial charge in [-0.3, -0.25) is 9.59 Å². The maximum absolute atomic E-state index is 13.3. The molecular formula is C28H33N2O7+. The number of amides is 1. The minimum atomic E-state index is -0.714. The highest BCUT2D eigenvalue weighted by Gasteiger charge is 2.46. The second-order valence-corrected chi connectivity index (χ2v) is 9.38. The van der Waals surface area contributed by atoms with E-state index >= 15 is 0 Å². The molecule has 0 unspecified atom stereocenters. The van der Waals surface area contributed by atoms with Crippen LogP contribution in [0.5, 0.6) is 17.2 Å². The van der Waals surface area contributed by atoms with Crippen molar-refractivity contribution >= 4 is 17.4 Å². The molecular weight excluding hydrogens is 476 g/mol. The zero-order valence-electron chi connectivity index (χ0n) is 21.0. The van der Waals surface area contributed by atoms with Crippen molar-refractivity contribution in [1.29, 1.82) is 0 Å². The van der Waals surface area contributed by atoms with Gasteiger partial charge in [0.1, 0.15) is 37.8 Å². The molecule has 5 rings (SSSR count). The van der Waals surface area contributed by atoms with Crippen molar-refractivity contribution in [2.75, 3.05) is 59.2 Å². The third-order valence-corrected chi connectivity index (χ3v) is 6.93. The third kappa shape index (κ3) is 5.28. The average molecular weight is 510 g/mol. The van der Waals surface area contributed by atoms with Gasteiger partial charge in [-0.25, -0.2) is 0 Å². The van der Waals surface area contributed by atoms with Gasteiger partial charge in [-0.2, -0.15) is 0 Å². The van der Waals surface area contributed by atoms with Gasteiger partial charge in [-0.05, 0) is 42.3 Å². The summed E-state index contributed by atoms with van der Waals surface area (Å²) in [6, 6.07) is 11.7. The van der Waals surface area contributed by atoms with Crippen molar-refractivity contribution in [2.45, 2.75) is 19.4 Å². The van der Waals surface area contributed by atoms with Gasteiger partial charge in [0.15, 0.2) is 11.5 Å². The summed E-state index contributed by atoms with van der Waals surface area (Å²) in [5, 5.41) is 11.4. The van der Waals surface area contributed by atoms with Crippen LogP contribution >= 0.6 is 0 Å². The van der Waals surface area contributed by atoms with E-state index in [1.165, 1.54) is 4.90 Å². The number of likely N-dealkylation sites (tertiary alicyclic amines) is 1. The number of carbonyl (C=O) groups excluding carboxylic acids is 2. The van der Waals surface area contributed by atoms with Gasteiger partial charge in [-0.1, -0.05) is 19.1 Å². The first-order valence-electron chi connectivity index (χ1n) is 12.9. The molecule has 0 bridgehead atoms. The summed E-state index contributed by atoms with van der Waals surface area (Å²) < 4.78 is 22.4. The summed E-state index contributed by atoms with van der Waals surface area (Å²) in [7, 11) is 0. The molecule has 2 saturated heterocycles. The van der Waals surface area contributed by atoms with Crippen molar-refractivity contribution in [1.82, 2.24) is 4.90 Å². The van der Waals surface area contributed by atoms with Gasteiger partial charge >= 0.3 is 0 Å². The molecule has 196 valence electrons. The first-order chi connectivity index (χ1) is 18.1. The fourth-order valence-electron chi connectivity index (χ4n) is 4.96. The highest BCUT2D eigenvalue weighted by molar-refractivity contribution is 6.46. The van der Waals surface area contributed by atoms with Crippen LogP contribution < -0.4 is 19.1 Å². The number of Topliss-reactive ketones (excluding diaryl/α,β-unsaturated/α-hetero) is 1. The van der Waals surface area contributed by atoms with Gasteiger partial charge in [0.25, 0.3) is 11.7 Å². The lowest BCUT2D eigenvalue weighted by Gasteiger charge is -2.29. The Hall–Kier alpha value is -3.56. The van der Waals surface area contributed by atoms with E-state index in [1.807, 2.05) is 31.2 Å². The number of morpholine rings is 1. The number of ether oxygens (including phenoxy) is 4. The number of rotatable bonds is 8. The Labute approximate surface area is 216 Å². The van der Waals surface area contributed by atoms with Crippen LogP contribution in [0.3, 0.4) is 0 Å². The van der Waals surface area contributed by atoms with E-state index in [-0.39, 0.29) is 11.3 Å². The second-order valence-electron chi connectivity index (χ2n) is 9.38. The van der Waals surface area contributed by atoms with Crippen molar-refractivity contribution in [3.63, 3.8) is 0 Å². The van der Waals surface area contributed by atoms with Gasteiger partial charge < -0.3 is 33.9 Å². The number of carbonyl (C=O) groups is 2. The molecule has 0 aliphatic carbocycles. The largest absolute Gasteiger partial charge is 0.507 e. The molecule has 2 N–H and O–H groups in total. The Morgan fingerprint density at radius 3 is 2.49 bits per heavy atom. The molecule has 2 aromatic rings. The maximum atomic E-state index is 13.3. The molecule has 3 aliphatic heterocycles. The molecule has 0 radical (unpaired) electrons. The highest BCUT2D eigenvalue weighted by Crippen LogP contribution is 2.41. The maximum Gasteiger partial charge on any atom is 0.295 e. The summed E-state index contributed by atoms with van der Waals surface area (Å²) in [5.41, 5.74) is 1.20. The van der Waals surface area contributed by atoms with E-state index in [0.29, 0.717) is 68.9 Å². The van der Waals surface area contributed by atoms with Crippen LogP contribution in [0.25, 0.3) is 5.76 Å². The van der Waals surface area contributed by atoms with Gasteiger partial charge in [0.2, 0.25) is 0 Å². The minimum absolute atomic E-state index is 0.0703. The highest BCUT2D eigenvalue weighted by atomic mass is 16.6. The van der Waals surface area contributed by atoms with Gasteiger partial charge in [0, 0.05) is 5.56 Å². The monoisotopic (exact) mass is 509 g/mol. The van der Waals surface area contributed by atoms with E-state index < -0.39 is 17.7 Å². The van der Waals surface area contributed by atoms with Crippen LogP contribution in [0.4, 0.5) is 0 Å². The number of hydrogen-bond donors (Lipinski definition) is 2. The smallest absolute Gasteiger partial charge is 0.295 e. The van der Waals surface area contributed by atoms with Gasteiger partial charge in [0.05, 0.1) is 44.5 Å². The Morgan fingerprint density at radius 1 is 1.03 bits per heavy atom. The number of hydrogen-bond acceptors (Lipinski definition) is 7. The summed E-state index contributed by atoms with van der Waals surface area (Å²) in [4.78, 5) is 29.5. The summed E-state index contributed by atoms with van der Waals surface area (Å²) in [5.74, 6) is 0.258. The van der Waals surface area contributed by atoms with Crippen LogP contribution in [0, 0.1) is 0 Å². The van der Waals surface area contributed by atoms with Crippen LogP contribution in [-0.4, -0.2) is 80.9 Å². The topological polar surface area (TPSA) is 99.0 Å². The molecule has 9 heteroatoms. The van der Waals surface area contributed by atoms with Crippen molar-refractivity contribution < 1.29 is 38.5 Å². The number of aliphatic hydroxyl groups excluding tert-OH is 1. The first kappa shape index (κ1) is 25.1. The number of quaternary nitrogens is 1. The Kier molecular flexibility index (Phi) is 7.62. The van der Waals surface area contributed by atoms with Crippen LogP contribution in [0.15, 0.2) is 48.0 Å². The average Bonchev–Trinajstić information content (AvgIpc) is 3.20. The molecule has 2 aromatic carbocycles. The lowest BCUT2D eigenvalue weighted by Crippen LogP contribution is -3.14. The molecule has 0 saturated carbocycles. The molecule has 9 nitrogen and oxygen atoms in total. The molecule has 37 heavy (non-hydrogen) atoms. The Morgan fingerprint density at radius 2 is 1.76 bits per heavy atom. The number of nitrogens with one attached hydrogen (secondary N) is 1. The van der Waals surface area contributed by atoms with Crippen molar-refractivity contribution in [3.05, 3.63) is 59.2 Å². The van der Waals surface area contributed by atoms with Gasteiger partial charge in [-0.15, -0.1) is 0 Å². The minimum Gasteiger partial charge on any atom is -0.507 e. The summed E-state index contributed by atoms with van der Waals surface area (Å²) in [6.45, 7) is 7.64. The molecule has 3 heterocycles. The molecule has 0 aromatic heterocycles. The number of aliphatic hydroxyl groups is 1. The molecule has 3 aliphatic rings. The zero-order chi connectivity index (χ0) is 25.8. The zero-order valence-corrected chi connectivity index (χ0v) is 21.0. The van der Waals surface area contributed by atoms with E-state index in [2.05, 4.69) is 0 Å². The second kappa shape index (κ2) is 11.2. The number of benzene rings is 2. The molecule has 2 fully saturated rings.